The van der Waals surface area contributed by atoms with Crippen LogP contribution in [0.5, 0.6) is 0 Å². The van der Waals surface area contributed by atoms with Gasteiger partial charge >= 0.3 is 5.97 Å². The van der Waals surface area contributed by atoms with Crippen molar-refractivity contribution in [2.24, 2.45) is 5.73 Å². The number of carboxylic acids is 1. The molecule has 1 atom stereocenters. The zero-order valence-electron chi connectivity index (χ0n) is 6.86. The number of hydrogen-bond donors (Lipinski definition) is 3. The van der Waals surface area contributed by atoms with Gasteiger partial charge in [0.15, 0.2) is 0 Å². The Hall–Kier alpha value is -1.62. The quantitative estimate of drug-likeness (QED) is 0.605. The average Bonchev–Trinajstić information content (AvgIpc) is 2.03. The highest BCUT2D eigenvalue weighted by Gasteiger charge is 2.10. The molecule has 4 N–H and O–H groups in total. The van der Waals surface area contributed by atoms with Crippen molar-refractivity contribution in [3.8, 4) is 0 Å². The van der Waals surface area contributed by atoms with Gasteiger partial charge in [-0.1, -0.05) is 6.07 Å². The Labute approximate surface area is 74.2 Å². The molecule has 5 nitrogen and oxygen atoms in total. The zero-order chi connectivity index (χ0) is 9.84. The van der Waals surface area contributed by atoms with Crippen LogP contribution in [0.1, 0.15) is 18.2 Å². The van der Waals surface area contributed by atoms with Gasteiger partial charge in [-0.2, -0.15) is 0 Å². The second-order valence-electron chi connectivity index (χ2n) is 2.67. The minimum absolute atomic E-state index is 0.194. The molecule has 5 heteroatoms. The van der Waals surface area contributed by atoms with Crippen molar-refractivity contribution in [1.82, 2.24) is 4.98 Å². The van der Waals surface area contributed by atoms with Gasteiger partial charge in [0.05, 0.1) is 12.5 Å². The van der Waals surface area contributed by atoms with Crippen LogP contribution in [-0.2, 0) is 4.79 Å². The van der Waals surface area contributed by atoms with Crippen molar-refractivity contribution in [3.63, 3.8) is 0 Å². The maximum absolute atomic E-state index is 10.8. The number of aliphatic carboxylic acids is 1. The average molecular weight is 182 g/mol. The van der Waals surface area contributed by atoms with E-state index in [1.807, 2.05) is 0 Å². The summed E-state index contributed by atoms with van der Waals surface area (Å²) in [5, 5.41) is 8.44. The second kappa shape index (κ2) is 3.86. The third-order valence-electron chi connectivity index (χ3n) is 1.58. The topological polar surface area (TPSA) is 96.2 Å². The highest BCUT2D eigenvalue weighted by atomic mass is 16.4. The number of carboxylic acid groups (broad SMARTS) is 1. The van der Waals surface area contributed by atoms with Gasteiger partial charge in [-0.05, 0) is 6.07 Å². The van der Waals surface area contributed by atoms with Crippen LogP contribution in [0, 0.1) is 0 Å². The van der Waals surface area contributed by atoms with Crippen LogP contribution in [-0.4, -0.2) is 16.1 Å². The molecule has 0 unspecified atom stereocenters. The number of aromatic nitrogens is 1. The highest BCUT2D eigenvalue weighted by molar-refractivity contribution is 5.67. The summed E-state index contributed by atoms with van der Waals surface area (Å²) < 4.78 is 0. The van der Waals surface area contributed by atoms with Crippen molar-refractivity contribution < 1.29 is 9.90 Å². The summed E-state index contributed by atoms with van der Waals surface area (Å²) in [4.78, 5) is 23.6. The van der Waals surface area contributed by atoms with Crippen LogP contribution < -0.4 is 11.3 Å². The van der Waals surface area contributed by atoms with E-state index in [0.717, 1.165) is 0 Å². The number of aromatic amines is 1. The standard InChI is InChI=1S/C8H10N2O3/c9-5(4-8(12)13)6-2-1-3-7(11)10-6/h1-3,5H,4,9H2,(H,10,11)(H,12,13)/t5-/m1/s1. The maximum Gasteiger partial charge on any atom is 0.305 e. The van der Waals surface area contributed by atoms with Crippen LogP contribution in [0.3, 0.4) is 0 Å². The van der Waals surface area contributed by atoms with Crippen molar-refractivity contribution >= 4 is 5.97 Å². The predicted molar refractivity (Wildman–Crippen MR) is 46.2 cm³/mol. The van der Waals surface area contributed by atoms with E-state index in [1.54, 1.807) is 6.07 Å². The molecule has 0 fully saturated rings. The van der Waals surface area contributed by atoms with Gasteiger partial charge in [0.2, 0.25) is 5.56 Å². The molecule has 0 bridgehead atoms. The highest BCUT2D eigenvalue weighted by Crippen LogP contribution is 2.08. The lowest BCUT2D eigenvalue weighted by atomic mass is 10.1. The van der Waals surface area contributed by atoms with Crippen molar-refractivity contribution in [2.75, 3.05) is 0 Å². The van der Waals surface area contributed by atoms with Crippen LogP contribution in [0.4, 0.5) is 0 Å². The van der Waals surface area contributed by atoms with E-state index >= 15 is 0 Å². The second-order valence-corrected chi connectivity index (χ2v) is 2.67. The van der Waals surface area contributed by atoms with E-state index in [4.69, 9.17) is 10.8 Å². The Bertz CT molecular complexity index is 358. The number of carbonyl (C=O) groups is 1. The van der Waals surface area contributed by atoms with Gasteiger partial charge in [0.25, 0.3) is 0 Å². The minimum atomic E-state index is -0.989. The molecule has 0 amide bonds. The third-order valence-corrected chi connectivity index (χ3v) is 1.58. The lowest BCUT2D eigenvalue weighted by molar-refractivity contribution is -0.137. The SMILES string of the molecule is N[C@H](CC(=O)O)c1cccc(=O)[nH]1. The first-order chi connectivity index (χ1) is 6.09. The van der Waals surface area contributed by atoms with E-state index < -0.39 is 12.0 Å². The normalized spacial score (nSPS) is 12.4. The fourth-order valence-corrected chi connectivity index (χ4v) is 0.979. The number of nitrogens with two attached hydrogens (primary N) is 1. The Morgan fingerprint density at radius 1 is 1.62 bits per heavy atom. The number of H-pyrrole nitrogens is 1. The lowest BCUT2D eigenvalue weighted by Crippen LogP contribution is -2.19. The summed E-state index contributed by atoms with van der Waals surface area (Å²) in [6.45, 7) is 0. The van der Waals surface area contributed by atoms with Crippen LogP contribution in [0.25, 0.3) is 0 Å². The summed E-state index contributed by atoms with van der Waals surface area (Å²) in [5.74, 6) is -0.989. The predicted octanol–water partition coefficient (Wildman–Crippen LogP) is -0.151. The van der Waals surface area contributed by atoms with Crippen LogP contribution in [0.2, 0.25) is 0 Å². The molecule has 1 rings (SSSR count). The van der Waals surface area contributed by atoms with Crippen molar-refractivity contribution in [1.29, 1.82) is 0 Å². The Morgan fingerprint density at radius 3 is 2.85 bits per heavy atom. The van der Waals surface area contributed by atoms with Gasteiger partial charge in [-0.15, -0.1) is 0 Å². The van der Waals surface area contributed by atoms with Crippen LogP contribution in [0.15, 0.2) is 23.0 Å². The van der Waals surface area contributed by atoms with Gasteiger partial charge < -0.3 is 15.8 Å². The van der Waals surface area contributed by atoms with Gasteiger partial charge in [0, 0.05) is 11.8 Å². The number of pyridine rings is 1. The molecule has 1 heterocycles. The van der Waals surface area contributed by atoms with Gasteiger partial charge in [-0.3, -0.25) is 9.59 Å². The van der Waals surface area contributed by atoms with E-state index in [1.165, 1.54) is 12.1 Å². The molecule has 0 aromatic carbocycles. The molecule has 1 aromatic heterocycles. The molecule has 70 valence electrons. The fraction of sp³-hybridized carbons (Fsp3) is 0.250. The molecule has 0 aliphatic rings. The monoisotopic (exact) mass is 182 g/mol. The minimum Gasteiger partial charge on any atom is -0.481 e. The number of nitrogens with one attached hydrogen (secondary N) is 1. The smallest absolute Gasteiger partial charge is 0.305 e. The Balaban J connectivity index is 2.82. The summed E-state index contributed by atoms with van der Waals surface area (Å²) in [6, 6.07) is 3.81. The van der Waals surface area contributed by atoms with Crippen molar-refractivity contribution in [3.05, 3.63) is 34.2 Å². The zero-order valence-corrected chi connectivity index (χ0v) is 6.86. The van der Waals surface area contributed by atoms with E-state index in [0.29, 0.717) is 5.69 Å². The number of hydrogen-bond acceptors (Lipinski definition) is 3. The van der Waals surface area contributed by atoms with E-state index in [9.17, 15) is 9.59 Å². The van der Waals surface area contributed by atoms with Crippen LogP contribution >= 0.6 is 0 Å². The summed E-state index contributed by atoms with van der Waals surface area (Å²) in [6.07, 6.45) is -0.194. The molecular formula is C8H10N2O3. The van der Waals surface area contributed by atoms with E-state index in [-0.39, 0.29) is 12.0 Å². The first kappa shape index (κ1) is 9.47. The molecule has 0 saturated carbocycles. The van der Waals surface area contributed by atoms with Crippen molar-refractivity contribution in [2.45, 2.75) is 12.5 Å². The molecule has 0 spiro atoms. The molecule has 0 radical (unpaired) electrons. The molecule has 13 heavy (non-hydrogen) atoms. The van der Waals surface area contributed by atoms with Gasteiger partial charge in [-0.25, -0.2) is 0 Å². The first-order valence-corrected chi connectivity index (χ1v) is 3.76. The molecular weight excluding hydrogens is 172 g/mol. The maximum atomic E-state index is 10.8. The van der Waals surface area contributed by atoms with E-state index in [2.05, 4.69) is 4.98 Å². The molecule has 0 aliphatic carbocycles. The molecule has 0 saturated heterocycles. The Morgan fingerprint density at radius 2 is 2.31 bits per heavy atom. The van der Waals surface area contributed by atoms with Gasteiger partial charge in [0.1, 0.15) is 0 Å². The molecule has 0 aliphatic heterocycles. The number of rotatable bonds is 3. The first-order valence-electron chi connectivity index (χ1n) is 3.76. The summed E-state index contributed by atoms with van der Waals surface area (Å²) in [7, 11) is 0. The molecule has 1 aromatic rings. The lowest BCUT2D eigenvalue weighted by Gasteiger charge is -2.07. The largest absolute Gasteiger partial charge is 0.481 e. The fourth-order valence-electron chi connectivity index (χ4n) is 0.979. The summed E-state index contributed by atoms with van der Waals surface area (Å²) >= 11 is 0. The summed E-state index contributed by atoms with van der Waals surface area (Å²) in [5.41, 5.74) is 5.67. The Kier molecular flexibility index (Phi) is 2.81. The third kappa shape index (κ3) is 2.72.